The van der Waals surface area contributed by atoms with Crippen LogP contribution in [-0.4, -0.2) is 45.2 Å². The summed E-state index contributed by atoms with van der Waals surface area (Å²) in [7, 11) is 0. The SMILES string of the molecule is CC(C)C(c1nc(-c2cccc(Cl)c2)cn1Cc1ccccc1)N(CCCN)C(=O)CO. The summed E-state index contributed by atoms with van der Waals surface area (Å²) in [6, 6.07) is 17.4. The molecular weight excluding hydrogens is 424 g/mol. The molecule has 0 radical (unpaired) electrons. The number of hydrogen-bond acceptors (Lipinski definition) is 4. The van der Waals surface area contributed by atoms with E-state index in [0.717, 1.165) is 22.6 Å². The highest BCUT2D eigenvalue weighted by molar-refractivity contribution is 6.30. The predicted octanol–water partition coefficient (Wildman–Crippen LogP) is 4.12. The standard InChI is InChI=1S/C25H31ClN4O2/c1-18(2)24(30(13-7-12-27)23(32)17-31)25-28-22(20-10-6-11-21(26)14-20)16-29(25)15-19-8-4-3-5-9-19/h3-6,8-11,14,16,18,24,31H,7,12-13,15,17,27H2,1-2H3. The lowest BCUT2D eigenvalue weighted by Crippen LogP contribution is -2.41. The molecule has 3 N–H and O–H groups in total. The first kappa shape index (κ1) is 24.0. The average Bonchev–Trinajstić information content (AvgIpc) is 3.19. The van der Waals surface area contributed by atoms with E-state index in [1.165, 1.54) is 0 Å². The van der Waals surface area contributed by atoms with Gasteiger partial charge in [0.2, 0.25) is 5.91 Å². The van der Waals surface area contributed by atoms with Gasteiger partial charge in [-0.25, -0.2) is 4.98 Å². The molecule has 0 saturated carbocycles. The second-order valence-electron chi connectivity index (χ2n) is 8.18. The molecule has 0 aliphatic rings. The Balaban J connectivity index is 2.11. The van der Waals surface area contributed by atoms with Gasteiger partial charge in [0.1, 0.15) is 12.4 Å². The molecule has 0 bridgehead atoms. The number of carbonyl (C=O) groups is 1. The van der Waals surface area contributed by atoms with Crippen LogP contribution < -0.4 is 5.73 Å². The topological polar surface area (TPSA) is 84.4 Å². The summed E-state index contributed by atoms with van der Waals surface area (Å²) in [6.07, 6.45) is 2.66. The van der Waals surface area contributed by atoms with E-state index in [0.29, 0.717) is 31.1 Å². The maximum Gasteiger partial charge on any atom is 0.248 e. The van der Waals surface area contributed by atoms with Crippen molar-refractivity contribution in [3.05, 3.63) is 77.2 Å². The molecule has 3 aromatic rings. The number of nitrogens with zero attached hydrogens (tertiary/aromatic N) is 3. The number of amides is 1. The van der Waals surface area contributed by atoms with Crippen molar-refractivity contribution in [3.63, 3.8) is 0 Å². The highest BCUT2D eigenvalue weighted by atomic mass is 35.5. The molecule has 1 atom stereocenters. The highest BCUT2D eigenvalue weighted by Gasteiger charge is 2.31. The molecule has 3 rings (SSSR count). The smallest absolute Gasteiger partial charge is 0.248 e. The van der Waals surface area contributed by atoms with E-state index in [4.69, 9.17) is 22.3 Å². The van der Waals surface area contributed by atoms with E-state index in [2.05, 4.69) is 30.5 Å². The number of aliphatic hydroxyl groups is 1. The maximum atomic E-state index is 12.7. The van der Waals surface area contributed by atoms with E-state index >= 15 is 0 Å². The summed E-state index contributed by atoms with van der Waals surface area (Å²) in [4.78, 5) is 19.4. The number of rotatable bonds is 10. The third-order valence-electron chi connectivity index (χ3n) is 5.41. The minimum Gasteiger partial charge on any atom is -0.387 e. The Hall–Kier alpha value is -2.67. The molecule has 0 aliphatic heterocycles. The molecule has 0 aliphatic carbocycles. The molecule has 0 saturated heterocycles. The zero-order valence-electron chi connectivity index (χ0n) is 18.6. The molecule has 1 aromatic heterocycles. The lowest BCUT2D eigenvalue weighted by atomic mass is 10.0. The molecule has 32 heavy (non-hydrogen) atoms. The summed E-state index contributed by atoms with van der Waals surface area (Å²) < 4.78 is 2.09. The van der Waals surface area contributed by atoms with Crippen molar-refractivity contribution in [2.45, 2.75) is 32.9 Å². The predicted molar refractivity (Wildman–Crippen MR) is 128 cm³/mol. The number of carbonyl (C=O) groups excluding carboxylic acids is 1. The molecule has 7 heteroatoms. The fourth-order valence-electron chi connectivity index (χ4n) is 3.93. The van der Waals surface area contributed by atoms with E-state index in [9.17, 15) is 9.90 Å². The number of benzene rings is 2. The van der Waals surface area contributed by atoms with Crippen molar-refractivity contribution in [3.8, 4) is 11.3 Å². The van der Waals surface area contributed by atoms with Crippen LogP contribution in [-0.2, 0) is 11.3 Å². The van der Waals surface area contributed by atoms with Crippen LogP contribution in [0.4, 0.5) is 0 Å². The number of hydrogen-bond donors (Lipinski definition) is 2. The van der Waals surface area contributed by atoms with Crippen LogP contribution in [0.3, 0.4) is 0 Å². The van der Waals surface area contributed by atoms with Crippen molar-refractivity contribution in [1.82, 2.24) is 14.5 Å². The molecule has 0 fully saturated rings. The van der Waals surface area contributed by atoms with Crippen LogP contribution in [0.1, 0.15) is 37.7 Å². The van der Waals surface area contributed by atoms with Gasteiger partial charge in [0.15, 0.2) is 0 Å². The summed E-state index contributed by atoms with van der Waals surface area (Å²) in [6.45, 7) is 5.12. The number of aromatic nitrogens is 2. The van der Waals surface area contributed by atoms with Crippen molar-refractivity contribution >= 4 is 17.5 Å². The molecule has 6 nitrogen and oxygen atoms in total. The lowest BCUT2D eigenvalue weighted by molar-refractivity contribution is -0.138. The van der Waals surface area contributed by atoms with Gasteiger partial charge in [-0.1, -0.05) is 67.9 Å². The monoisotopic (exact) mass is 454 g/mol. The highest BCUT2D eigenvalue weighted by Crippen LogP contribution is 2.32. The van der Waals surface area contributed by atoms with Gasteiger partial charge in [-0.05, 0) is 36.6 Å². The van der Waals surface area contributed by atoms with Crippen LogP contribution in [0.2, 0.25) is 5.02 Å². The van der Waals surface area contributed by atoms with Gasteiger partial charge in [0.25, 0.3) is 0 Å². The lowest BCUT2D eigenvalue weighted by Gasteiger charge is -2.34. The van der Waals surface area contributed by atoms with Gasteiger partial charge in [-0.3, -0.25) is 4.79 Å². The molecule has 170 valence electrons. The summed E-state index contributed by atoms with van der Waals surface area (Å²) in [5.41, 5.74) is 8.56. The van der Waals surface area contributed by atoms with Crippen LogP contribution >= 0.6 is 11.6 Å². The first-order valence-corrected chi connectivity index (χ1v) is 11.3. The molecule has 1 unspecified atom stereocenters. The van der Waals surface area contributed by atoms with Crippen LogP contribution in [0.25, 0.3) is 11.3 Å². The van der Waals surface area contributed by atoms with E-state index in [1.807, 2.05) is 48.7 Å². The summed E-state index contributed by atoms with van der Waals surface area (Å²) in [5.74, 6) is 0.528. The van der Waals surface area contributed by atoms with Gasteiger partial charge < -0.3 is 20.3 Å². The van der Waals surface area contributed by atoms with Gasteiger partial charge in [-0.2, -0.15) is 0 Å². The zero-order chi connectivity index (χ0) is 23.1. The second-order valence-corrected chi connectivity index (χ2v) is 8.62. The van der Waals surface area contributed by atoms with Crippen molar-refractivity contribution in [2.24, 2.45) is 11.7 Å². The average molecular weight is 455 g/mol. The molecule has 1 heterocycles. The quantitative estimate of drug-likeness (QED) is 0.482. The first-order valence-electron chi connectivity index (χ1n) is 10.9. The Morgan fingerprint density at radius 1 is 1.19 bits per heavy atom. The van der Waals surface area contributed by atoms with Gasteiger partial charge in [0.05, 0.1) is 11.7 Å². The first-order chi connectivity index (χ1) is 15.4. The third-order valence-corrected chi connectivity index (χ3v) is 5.65. The molecule has 1 amide bonds. The molecule has 2 aromatic carbocycles. The Morgan fingerprint density at radius 3 is 2.56 bits per heavy atom. The Bertz CT molecular complexity index is 1020. The summed E-state index contributed by atoms with van der Waals surface area (Å²) >= 11 is 6.23. The van der Waals surface area contributed by atoms with Gasteiger partial charge in [0, 0.05) is 29.9 Å². The van der Waals surface area contributed by atoms with Crippen LogP contribution in [0.15, 0.2) is 60.8 Å². The maximum absolute atomic E-state index is 12.7. The fraction of sp³-hybridized carbons (Fsp3) is 0.360. The normalized spacial score (nSPS) is 12.2. The minimum atomic E-state index is -0.547. The second kappa shape index (κ2) is 11.3. The Morgan fingerprint density at radius 2 is 1.94 bits per heavy atom. The van der Waals surface area contributed by atoms with Crippen LogP contribution in [0.5, 0.6) is 0 Å². The number of aliphatic hydroxyl groups excluding tert-OH is 1. The number of imidazole rings is 1. The number of halogens is 1. The Kier molecular flexibility index (Phi) is 8.45. The van der Waals surface area contributed by atoms with Crippen molar-refractivity contribution < 1.29 is 9.90 Å². The van der Waals surface area contributed by atoms with E-state index in [1.54, 1.807) is 4.90 Å². The van der Waals surface area contributed by atoms with Crippen molar-refractivity contribution in [2.75, 3.05) is 19.7 Å². The zero-order valence-corrected chi connectivity index (χ0v) is 19.4. The third kappa shape index (κ3) is 5.76. The largest absolute Gasteiger partial charge is 0.387 e. The minimum absolute atomic E-state index is 0.0763. The fourth-order valence-corrected chi connectivity index (χ4v) is 4.12. The van der Waals surface area contributed by atoms with Gasteiger partial charge >= 0.3 is 0 Å². The molecule has 0 spiro atoms. The molecular formula is C25H31ClN4O2. The van der Waals surface area contributed by atoms with Crippen molar-refractivity contribution in [1.29, 1.82) is 0 Å². The van der Waals surface area contributed by atoms with E-state index < -0.39 is 6.61 Å². The van der Waals surface area contributed by atoms with E-state index in [-0.39, 0.29) is 17.9 Å². The Labute approximate surface area is 194 Å². The summed E-state index contributed by atoms with van der Waals surface area (Å²) in [5, 5.41) is 10.3. The van der Waals surface area contributed by atoms with Gasteiger partial charge in [-0.15, -0.1) is 0 Å². The van der Waals surface area contributed by atoms with Crippen LogP contribution in [0, 0.1) is 5.92 Å². The number of nitrogens with two attached hydrogens (primary N) is 1.